The lowest BCUT2D eigenvalue weighted by atomic mass is 9.99. The van der Waals surface area contributed by atoms with Gasteiger partial charge in [-0.15, -0.1) is 0 Å². The molecule has 0 bridgehead atoms. The highest BCUT2D eigenvalue weighted by atomic mass is 16.5. The number of methoxy groups -OCH3 is 1. The summed E-state index contributed by atoms with van der Waals surface area (Å²) in [5.41, 5.74) is 1.01. The fraction of sp³-hybridized carbons (Fsp3) is 0.733. The van der Waals surface area contributed by atoms with Gasteiger partial charge < -0.3 is 14.8 Å². The molecule has 1 aromatic heterocycles. The third-order valence-electron chi connectivity index (χ3n) is 3.88. The van der Waals surface area contributed by atoms with E-state index in [2.05, 4.69) is 15.3 Å². The van der Waals surface area contributed by atoms with E-state index < -0.39 is 0 Å². The molecule has 5 nitrogen and oxygen atoms in total. The summed E-state index contributed by atoms with van der Waals surface area (Å²) < 4.78 is 10.9. The van der Waals surface area contributed by atoms with E-state index in [4.69, 9.17) is 9.47 Å². The van der Waals surface area contributed by atoms with Crippen molar-refractivity contribution in [2.45, 2.75) is 50.7 Å². The van der Waals surface area contributed by atoms with E-state index in [-0.39, 0.29) is 0 Å². The summed E-state index contributed by atoms with van der Waals surface area (Å²) in [7, 11) is 3.63. The molecule has 112 valence electrons. The highest BCUT2D eigenvalue weighted by Gasteiger charge is 2.16. The van der Waals surface area contributed by atoms with Crippen LogP contribution in [0.3, 0.4) is 0 Å². The molecule has 0 amide bonds. The molecule has 1 aromatic rings. The van der Waals surface area contributed by atoms with E-state index in [9.17, 15) is 0 Å². The summed E-state index contributed by atoms with van der Waals surface area (Å²) in [5.74, 6) is 0.625. The quantitative estimate of drug-likeness (QED) is 0.827. The number of likely N-dealkylation sites (N-methyl/N-ethyl adjacent to an activating group) is 1. The summed E-state index contributed by atoms with van der Waals surface area (Å²) in [6.45, 7) is 0.929. The van der Waals surface area contributed by atoms with E-state index in [0.29, 0.717) is 18.0 Å². The molecule has 0 aromatic carbocycles. The van der Waals surface area contributed by atoms with Crippen LogP contribution < -0.4 is 10.1 Å². The lowest BCUT2D eigenvalue weighted by molar-refractivity contribution is 0.00868. The summed E-state index contributed by atoms with van der Waals surface area (Å²) in [4.78, 5) is 8.34. The Morgan fingerprint density at radius 2 is 2.35 bits per heavy atom. The third kappa shape index (κ3) is 4.72. The molecule has 1 N–H and O–H groups in total. The lowest BCUT2D eigenvalue weighted by Gasteiger charge is -2.24. The van der Waals surface area contributed by atoms with Crippen molar-refractivity contribution < 1.29 is 9.47 Å². The predicted octanol–water partition coefficient (Wildman–Crippen LogP) is 1.96. The van der Waals surface area contributed by atoms with Gasteiger partial charge in [0.05, 0.1) is 13.2 Å². The van der Waals surface area contributed by atoms with Crippen LogP contribution in [0, 0.1) is 0 Å². The molecule has 0 aliphatic carbocycles. The first-order valence-electron chi connectivity index (χ1n) is 7.45. The van der Waals surface area contributed by atoms with Crippen molar-refractivity contribution in [3.63, 3.8) is 0 Å². The van der Waals surface area contributed by atoms with Crippen molar-refractivity contribution in [2.24, 2.45) is 0 Å². The molecule has 1 saturated heterocycles. The largest absolute Gasteiger partial charge is 0.481 e. The fourth-order valence-electron chi connectivity index (χ4n) is 2.62. The second-order valence-electron chi connectivity index (χ2n) is 5.31. The van der Waals surface area contributed by atoms with Crippen LogP contribution >= 0.6 is 0 Å². The minimum Gasteiger partial charge on any atom is -0.481 e. The normalized spacial score (nSPS) is 20.6. The van der Waals surface area contributed by atoms with Gasteiger partial charge in [0.15, 0.2) is 0 Å². The number of nitrogens with zero attached hydrogens (tertiary/aromatic N) is 2. The molecule has 0 radical (unpaired) electrons. The molecule has 20 heavy (non-hydrogen) atoms. The number of hydrogen-bond donors (Lipinski definition) is 1. The number of rotatable bonds is 7. The molecule has 2 rings (SSSR count). The van der Waals surface area contributed by atoms with Gasteiger partial charge in [0.2, 0.25) is 5.88 Å². The van der Waals surface area contributed by atoms with Gasteiger partial charge in [-0.1, -0.05) is 0 Å². The Kier molecular flexibility index (Phi) is 6.21. The highest BCUT2D eigenvalue weighted by Crippen LogP contribution is 2.19. The van der Waals surface area contributed by atoms with Gasteiger partial charge in [0.25, 0.3) is 0 Å². The van der Waals surface area contributed by atoms with E-state index in [0.717, 1.165) is 31.6 Å². The summed E-state index contributed by atoms with van der Waals surface area (Å²) in [5, 5.41) is 3.37. The van der Waals surface area contributed by atoms with Crippen LogP contribution in [-0.4, -0.2) is 42.9 Å². The van der Waals surface area contributed by atoms with E-state index >= 15 is 0 Å². The van der Waals surface area contributed by atoms with Crippen molar-refractivity contribution in [1.82, 2.24) is 15.3 Å². The molecular formula is C15H25N3O2. The zero-order valence-corrected chi connectivity index (χ0v) is 12.5. The first-order chi connectivity index (χ1) is 9.81. The first-order valence-corrected chi connectivity index (χ1v) is 7.45. The van der Waals surface area contributed by atoms with Crippen LogP contribution in [0.15, 0.2) is 12.4 Å². The Morgan fingerprint density at radius 3 is 3.05 bits per heavy atom. The van der Waals surface area contributed by atoms with Crippen molar-refractivity contribution in [3.05, 3.63) is 18.1 Å². The zero-order valence-electron chi connectivity index (χ0n) is 12.5. The zero-order chi connectivity index (χ0) is 14.2. The molecule has 1 fully saturated rings. The van der Waals surface area contributed by atoms with Crippen molar-refractivity contribution in [3.8, 4) is 5.88 Å². The molecule has 5 heteroatoms. The monoisotopic (exact) mass is 279 g/mol. The van der Waals surface area contributed by atoms with Crippen molar-refractivity contribution >= 4 is 0 Å². The van der Waals surface area contributed by atoms with Gasteiger partial charge >= 0.3 is 0 Å². The van der Waals surface area contributed by atoms with Crippen LogP contribution in [0.5, 0.6) is 5.88 Å². The molecule has 0 spiro atoms. The van der Waals surface area contributed by atoms with Crippen LogP contribution in [0.25, 0.3) is 0 Å². The SMILES string of the molecule is CNC(CCC1CCCCO1)Cc1cc(OC)ncn1. The molecule has 2 atom stereocenters. The number of ether oxygens (including phenoxy) is 2. The molecule has 2 unspecified atom stereocenters. The number of nitrogens with one attached hydrogen (secondary N) is 1. The maximum atomic E-state index is 5.79. The Morgan fingerprint density at radius 1 is 1.45 bits per heavy atom. The van der Waals surface area contributed by atoms with Gasteiger partial charge in [-0.2, -0.15) is 0 Å². The van der Waals surface area contributed by atoms with Gasteiger partial charge in [-0.05, 0) is 39.2 Å². The Labute approximate surface area is 121 Å². The maximum absolute atomic E-state index is 5.79. The Balaban J connectivity index is 1.81. The van der Waals surface area contributed by atoms with Crippen LogP contribution in [0.1, 0.15) is 37.8 Å². The van der Waals surface area contributed by atoms with E-state index in [1.807, 2.05) is 13.1 Å². The Hall–Kier alpha value is -1.20. The predicted molar refractivity (Wildman–Crippen MR) is 78.0 cm³/mol. The smallest absolute Gasteiger partial charge is 0.216 e. The number of hydrogen-bond acceptors (Lipinski definition) is 5. The Bertz CT molecular complexity index is 394. The first kappa shape index (κ1) is 15.2. The van der Waals surface area contributed by atoms with Crippen molar-refractivity contribution in [1.29, 1.82) is 0 Å². The molecule has 2 heterocycles. The van der Waals surface area contributed by atoms with Crippen LogP contribution in [0.4, 0.5) is 0 Å². The standard InChI is InChI=1S/C15H25N3O2/c1-16-12(6-7-14-5-3-4-8-20-14)9-13-10-15(19-2)18-11-17-13/h10-12,14,16H,3-9H2,1-2H3. The van der Waals surface area contributed by atoms with Gasteiger partial charge in [-0.25, -0.2) is 9.97 Å². The highest BCUT2D eigenvalue weighted by molar-refractivity contribution is 5.14. The molecular weight excluding hydrogens is 254 g/mol. The summed E-state index contributed by atoms with van der Waals surface area (Å²) >= 11 is 0. The molecule has 1 aliphatic heterocycles. The van der Waals surface area contributed by atoms with E-state index in [1.165, 1.54) is 19.3 Å². The van der Waals surface area contributed by atoms with Gasteiger partial charge in [-0.3, -0.25) is 0 Å². The molecule has 0 saturated carbocycles. The fourth-order valence-corrected chi connectivity index (χ4v) is 2.62. The van der Waals surface area contributed by atoms with Gasteiger partial charge in [0, 0.05) is 30.8 Å². The minimum atomic E-state index is 0.417. The second kappa shape index (κ2) is 8.17. The third-order valence-corrected chi connectivity index (χ3v) is 3.88. The topological polar surface area (TPSA) is 56.3 Å². The average molecular weight is 279 g/mol. The van der Waals surface area contributed by atoms with Crippen molar-refractivity contribution in [2.75, 3.05) is 20.8 Å². The van der Waals surface area contributed by atoms with Crippen LogP contribution in [-0.2, 0) is 11.2 Å². The van der Waals surface area contributed by atoms with E-state index in [1.54, 1.807) is 13.4 Å². The minimum absolute atomic E-state index is 0.417. The maximum Gasteiger partial charge on any atom is 0.216 e. The summed E-state index contributed by atoms with van der Waals surface area (Å²) in [6, 6.07) is 2.32. The van der Waals surface area contributed by atoms with Crippen LogP contribution in [0.2, 0.25) is 0 Å². The summed E-state index contributed by atoms with van der Waals surface area (Å²) in [6.07, 6.45) is 8.84. The molecule has 1 aliphatic rings. The average Bonchev–Trinajstić information content (AvgIpc) is 2.52. The number of aromatic nitrogens is 2. The lowest BCUT2D eigenvalue weighted by Crippen LogP contribution is -2.30. The second-order valence-corrected chi connectivity index (χ2v) is 5.31. The van der Waals surface area contributed by atoms with Gasteiger partial charge in [0.1, 0.15) is 6.33 Å².